The van der Waals surface area contributed by atoms with Gasteiger partial charge in [-0.15, -0.1) is 0 Å². The van der Waals surface area contributed by atoms with Crippen molar-refractivity contribution in [3.63, 3.8) is 0 Å². The van der Waals surface area contributed by atoms with Gasteiger partial charge in [0.2, 0.25) is 0 Å². The summed E-state index contributed by atoms with van der Waals surface area (Å²) in [5.74, 6) is -0.795. The number of nitro benzene ring substituents is 1. The monoisotopic (exact) mass is 420 g/mol. The fourth-order valence-electron chi connectivity index (χ4n) is 2.98. The van der Waals surface area contributed by atoms with Crippen LogP contribution in [0.25, 0.3) is 0 Å². The van der Waals surface area contributed by atoms with Gasteiger partial charge in [0.1, 0.15) is 5.02 Å². The first-order valence-electron chi connectivity index (χ1n) is 8.35. The summed E-state index contributed by atoms with van der Waals surface area (Å²) < 4.78 is 23.8. The number of hydrogen-bond acceptors (Lipinski definition) is 5. The second-order valence-electron chi connectivity index (χ2n) is 6.59. The summed E-state index contributed by atoms with van der Waals surface area (Å²) in [4.78, 5) is 25.1. The lowest BCUT2D eigenvalue weighted by Crippen LogP contribution is -2.41. The SMILES string of the molecule is Cc1ccc(N(C(=O)c2ccc(Cl)c([N+](=O)[O-])c2)C2C=CS(=O)(=O)C2)cc1C. The smallest absolute Gasteiger partial charge is 0.288 e. The summed E-state index contributed by atoms with van der Waals surface area (Å²) >= 11 is 5.84. The van der Waals surface area contributed by atoms with Crippen LogP contribution in [0.3, 0.4) is 0 Å². The molecule has 2 aromatic rings. The van der Waals surface area contributed by atoms with E-state index in [4.69, 9.17) is 11.6 Å². The van der Waals surface area contributed by atoms with Gasteiger partial charge in [0.05, 0.1) is 16.7 Å². The van der Waals surface area contributed by atoms with Crippen molar-refractivity contribution in [2.75, 3.05) is 10.7 Å². The maximum absolute atomic E-state index is 13.3. The number of carbonyl (C=O) groups is 1. The van der Waals surface area contributed by atoms with Crippen molar-refractivity contribution in [1.82, 2.24) is 0 Å². The van der Waals surface area contributed by atoms with E-state index in [0.717, 1.165) is 22.6 Å². The number of amides is 1. The lowest BCUT2D eigenvalue weighted by molar-refractivity contribution is -0.384. The van der Waals surface area contributed by atoms with E-state index in [-0.39, 0.29) is 22.0 Å². The molecule has 1 heterocycles. The molecule has 0 N–H and O–H groups in total. The van der Waals surface area contributed by atoms with Crippen LogP contribution in [-0.4, -0.2) is 31.0 Å². The zero-order valence-corrected chi connectivity index (χ0v) is 16.7. The molecule has 0 bridgehead atoms. The molecular formula is C19H17ClN2O5S. The van der Waals surface area contributed by atoms with Crippen molar-refractivity contribution in [1.29, 1.82) is 0 Å². The molecule has 0 radical (unpaired) electrons. The van der Waals surface area contributed by atoms with E-state index >= 15 is 0 Å². The summed E-state index contributed by atoms with van der Waals surface area (Å²) in [6.07, 6.45) is 1.45. The zero-order chi connectivity index (χ0) is 20.6. The summed E-state index contributed by atoms with van der Waals surface area (Å²) in [6, 6.07) is 8.41. The molecule has 0 spiro atoms. The lowest BCUT2D eigenvalue weighted by atomic mass is 10.1. The number of anilines is 1. The number of halogens is 1. The van der Waals surface area contributed by atoms with E-state index in [2.05, 4.69) is 0 Å². The first-order chi connectivity index (χ1) is 13.1. The molecule has 0 aromatic heterocycles. The van der Waals surface area contributed by atoms with Gasteiger partial charge >= 0.3 is 0 Å². The number of hydrogen-bond donors (Lipinski definition) is 0. The van der Waals surface area contributed by atoms with Crippen LogP contribution in [0.15, 0.2) is 47.9 Å². The first-order valence-corrected chi connectivity index (χ1v) is 10.4. The molecule has 0 saturated heterocycles. The van der Waals surface area contributed by atoms with Crippen LogP contribution in [0.5, 0.6) is 0 Å². The number of aryl methyl sites for hydroxylation is 2. The van der Waals surface area contributed by atoms with Crippen molar-refractivity contribution >= 4 is 38.7 Å². The van der Waals surface area contributed by atoms with E-state index in [9.17, 15) is 23.3 Å². The molecule has 28 heavy (non-hydrogen) atoms. The van der Waals surface area contributed by atoms with E-state index in [0.29, 0.717) is 5.69 Å². The second-order valence-corrected chi connectivity index (χ2v) is 8.93. The van der Waals surface area contributed by atoms with Crippen LogP contribution in [0.4, 0.5) is 11.4 Å². The Hall–Kier alpha value is -2.71. The Kier molecular flexibility index (Phi) is 5.27. The van der Waals surface area contributed by atoms with Crippen molar-refractivity contribution < 1.29 is 18.1 Å². The number of sulfone groups is 1. The van der Waals surface area contributed by atoms with Gasteiger partial charge < -0.3 is 4.90 Å². The molecular weight excluding hydrogens is 404 g/mol. The van der Waals surface area contributed by atoms with Gasteiger partial charge in [-0.05, 0) is 55.3 Å². The fourth-order valence-corrected chi connectivity index (χ4v) is 4.43. The minimum atomic E-state index is -3.41. The lowest BCUT2D eigenvalue weighted by Gasteiger charge is -2.28. The summed E-state index contributed by atoms with van der Waals surface area (Å²) in [7, 11) is -3.41. The van der Waals surface area contributed by atoms with Crippen molar-refractivity contribution in [3.8, 4) is 0 Å². The third kappa shape index (κ3) is 3.93. The fraction of sp³-hybridized carbons (Fsp3) is 0.211. The molecule has 0 saturated carbocycles. The van der Waals surface area contributed by atoms with Gasteiger partial charge in [0, 0.05) is 22.7 Å². The largest absolute Gasteiger partial charge is 0.300 e. The minimum absolute atomic E-state index is 0.0482. The van der Waals surface area contributed by atoms with E-state index in [1.54, 1.807) is 12.1 Å². The van der Waals surface area contributed by atoms with Crippen LogP contribution in [-0.2, 0) is 9.84 Å². The van der Waals surface area contributed by atoms with Crippen molar-refractivity contribution in [2.45, 2.75) is 19.9 Å². The van der Waals surface area contributed by atoms with Gasteiger partial charge in [-0.2, -0.15) is 0 Å². The topological polar surface area (TPSA) is 97.6 Å². The highest BCUT2D eigenvalue weighted by atomic mass is 35.5. The van der Waals surface area contributed by atoms with E-state index < -0.39 is 26.7 Å². The Morgan fingerprint density at radius 1 is 1.18 bits per heavy atom. The Labute approximate surface area is 167 Å². The van der Waals surface area contributed by atoms with Crippen LogP contribution in [0.1, 0.15) is 21.5 Å². The molecule has 9 heteroatoms. The Bertz CT molecular complexity index is 1110. The number of benzene rings is 2. The molecule has 0 fully saturated rings. The molecule has 1 amide bonds. The Balaban J connectivity index is 2.10. The highest BCUT2D eigenvalue weighted by molar-refractivity contribution is 7.94. The molecule has 1 aliphatic heterocycles. The third-order valence-electron chi connectivity index (χ3n) is 4.62. The molecule has 2 aromatic carbocycles. The number of carbonyl (C=O) groups excluding carboxylic acids is 1. The molecule has 3 rings (SSSR count). The van der Waals surface area contributed by atoms with Crippen molar-refractivity contribution in [2.24, 2.45) is 0 Å². The Morgan fingerprint density at radius 2 is 1.89 bits per heavy atom. The van der Waals surface area contributed by atoms with Gasteiger partial charge in [0.25, 0.3) is 11.6 Å². The van der Waals surface area contributed by atoms with E-state index in [1.807, 2.05) is 19.9 Å². The summed E-state index contributed by atoms with van der Waals surface area (Å²) in [6.45, 7) is 3.81. The average molecular weight is 421 g/mol. The Morgan fingerprint density at radius 3 is 2.46 bits per heavy atom. The molecule has 1 aliphatic rings. The first kappa shape index (κ1) is 20.0. The highest BCUT2D eigenvalue weighted by Gasteiger charge is 2.33. The molecule has 0 aliphatic carbocycles. The van der Waals surface area contributed by atoms with Gasteiger partial charge in [0.15, 0.2) is 9.84 Å². The van der Waals surface area contributed by atoms with Crippen LogP contribution in [0.2, 0.25) is 5.02 Å². The predicted molar refractivity (Wildman–Crippen MR) is 108 cm³/mol. The average Bonchev–Trinajstić information content (AvgIpc) is 2.97. The minimum Gasteiger partial charge on any atom is -0.300 e. The second kappa shape index (κ2) is 7.37. The van der Waals surface area contributed by atoms with Gasteiger partial charge in [-0.25, -0.2) is 8.42 Å². The molecule has 1 unspecified atom stereocenters. The number of nitro groups is 1. The van der Waals surface area contributed by atoms with Crippen molar-refractivity contribution in [3.05, 3.63) is 79.7 Å². The van der Waals surface area contributed by atoms with Gasteiger partial charge in [-0.3, -0.25) is 14.9 Å². The normalized spacial score (nSPS) is 17.5. The van der Waals surface area contributed by atoms with Crippen LogP contribution in [0, 0.1) is 24.0 Å². The molecule has 1 atom stereocenters. The molecule has 146 valence electrons. The summed E-state index contributed by atoms with van der Waals surface area (Å²) in [5, 5.41) is 12.2. The number of rotatable bonds is 4. The standard InChI is InChI=1S/C19H17ClN2O5S/c1-12-3-5-15(9-13(12)2)21(16-7-8-28(26,27)11-16)19(23)14-4-6-17(20)18(10-14)22(24)25/h3-10,16H,11H2,1-2H3. The quantitative estimate of drug-likeness (QED) is 0.553. The zero-order valence-electron chi connectivity index (χ0n) is 15.1. The summed E-state index contributed by atoms with van der Waals surface area (Å²) in [5.41, 5.74) is 2.13. The van der Waals surface area contributed by atoms with E-state index in [1.165, 1.54) is 23.1 Å². The maximum atomic E-state index is 13.3. The van der Waals surface area contributed by atoms with Crippen LogP contribution < -0.4 is 4.90 Å². The predicted octanol–water partition coefficient (Wildman–Crippen LogP) is 3.82. The number of nitrogens with zero attached hydrogens (tertiary/aromatic N) is 2. The highest BCUT2D eigenvalue weighted by Crippen LogP contribution is 2.30. The third-order valence-corrected chi connectivity index (χ3v) is 6.32. The van der Waals surface area contributed by atoms with Gasteiger partial charge in [-0.1, -0.05) is 17.7 Å². The maximum Gasteiger partial charge on any atom is 0.288 e. The molecule has 7 nitrogen and oxygen atoms in total. The van der Waals surface area contributed by atoms with Crippen LogP contribution >= 0.6 is 11.6 Å².